The van der Waals surface area contributed by atoms with E-state index in [0.717, 1.165) is 5.56 Å². The van der Waals surface area contributed by atoms with Crippen molar-refractivity contribution in [2.24, 2.45) is 7.05 Å². The smallest absolute Gasteiger partial charge is 0.357 e. The number of aromatic carboxylic acids is 1. The molecule has 0 radical (unpaired) electrons. The van der Waals surface area contributed by atoms with Crippen molar-refractivity contribution in [3.63, 3.8) is 0 Å². The molecule has 1 aromatic heterocycles. The van der Waals surface area contributed by atoms with Crippen molar-refractivity contribution in [2.75, 3.05) is 6.61 Å². The van der Waals surface area contributed by atoms with Gasteiger partial charge in [0.15, 0.2) is 5.69 Å². The van der Waals surface area contributed by atoms with Gasteiger partial charge in [-0.2, -0.15) is 5.10 Å². The van der Waals surface area contributed by atoms with Gasteiger partial charge in [-0.3, -0.25) is 0 Å². The maximum atomic E-state index is 11.3. The third-order valence-electron chi connectivity index (χ3n) is 2.60. The Bertz CT molecular complexity index is 603. The second kappa shape index (κ2) is 5.39. The fourth-order valence-corrected chi connectivity index (χ4v) is 1.83. The molecule has 5 heteroatoms. The molecular formula is C14H14N2O3. The van der Waals surface area contributed by atoms with Crippen molar-refractivity contribution in [3.8, 4) is 17.0 Å². The summed E-state index contributed by atoms with van der Waals surface area (Å²) in [6.45, 7) is 3.87. The highest BCUT2D eigenvalue weighted by atomic mass is 16.5. The number of benzene rings is 1. The first-order valence-corrected chi connectivity index (χ1v) is 5.74. The Balaban J connectivity index is 2.60. The van der Waals surface area contributed by atoms with E-state index >= 15 is 0 Å². The number of nitrogens with zero attached hydrogens (tertiary/aromatic N) is 2. The molecule has 1 aromatic carbocycles. The summed E-state index contributed by atoms with van der Waals surface area (Å²) in [5.74, 6) is -0.661. The lowest BCUT2D eigenvalue weighted by Gasteiger charge is -2.07. The zero-order valence-electron chi connectivity index (χ0n) is 10.5. The fourth-order valence-electron chi connectivity index (χ4n) is 1.83. The maximum absolute atomic E-state index is 11.3. The number of carboxylic acid groups (broad SMARTS) is 1. The third kappa shape index (κ3) is 2.49. The monoisotopic (exact) mass is 258 g/mol. The van der Waals surface area contributed by atoms with E-state index in [2.05, 4.69) is 11.7 Å². The average Bonchev–Trinajstić information content (AvgIpc) is 2.74. The van der Waals surface area contributed by atoms with Crippen LogP contribution in [0.1, 0.15) is 10.5 Å². The van der Waals surface area contributed by atoms with Crippen LogP contribution in [0.15, 0.2) is 43.0 Å². The Morgan fingerprint density at radius 2 is 2.16 bits per heavy atom. The van der Waals surface area contributed by atoms with Crippen molar-refractivity contribution in [2.45, 2.75) is 0 Å². The number of carboxylic acids is 1. The van der Waals surface area contributed by atoms with E-state index < -0.39 is 5.97 Å². The Labute approximate surface area is 110 Å². The molecule has 0 spiro atoms. The Morgan fingerprint density at radius 3 is 2.74 bits per heavy atom. The molecule has 0 aliphatic heterocycles. The van der Waals surface area contributed by atoms with Gasteiger partial charge in [-0.15, -0.1) is 0 Å². The summed E-state index contributed by atoms with van der Waals surface area (Å²) < 4.78 is 6.95. The highest BCUT2D eigenvalue weighted by Crippen LogP contribution is 2.33. The SMILES string of the molecule is C=CCOc1c(-c2ccccc2)c(C(=O)O)nn1C. The lowest BCUT2D eigenvalue weighted by atomic mass is 10.1. The number of hydrogen-bond acceptors (Lipinski definition) is 3. The van der Waals surface area contributed by atoms with Gasteiger partial charge in [-0.25, -0.2) is 9.48 Å². The Morgan fingerprint density at radius 1 is 1.47 bits per heavy atom. The van der Waals surface area contributed by atoms with Crippen molar-refractivity contribution < 1.29 is 14.6 Å². The Kier molecular flexibility index (Phi) is 3.66. The van der Waals surface area contributed by atoms with Crippen molar-refractivity contribution in [3.05, 3.63) is 48.7 Å². The highest BCUT2D eigenvalue weighted by Gasteiger charge is 2.23. The molecular weight excluding hydrogens is 244 g/mol. The fraction of sp³-hybridized carbons (Fsp3) is 0.143. The average molecular weight is 258 g/mol. The molecule has 1 heterocycles. The first kappa shape index (κ1) is 12.9. The molecule has 5 nitrogen and oxygen atoms in total. The quantitative estimate of drug-likeness (QED) is 0.836. The predicted molar refractivity (Wildman–Crippen MR) is 71.3 cm³/mol. The van der Waals surface area contributed by atoms with Crippen LogP contribution in [0.4, 0.5) is 0 Å². The zero-order valence-corrected chi connectivity index (χ0v) is 10.5. The van der Waals surface area contributed by atoms with Crippen LogP contribution in [0.2, 0.25) is 0 Å². The van der Waals surface area contributed by atoms with Gasteiger partial charge in [-0.1, -0.05) is 43.0 Å². The van der Waals surface area contributed by atoms with Crippen LogP contribution in [-0.2, 0) is 7.05 Å². The number of aryl methyl sites for hydroxylation is 1. The van der Waals surface area contributed by atoms with Gasteiger partial charge in [-0.05, 0) is 5.56 Å². The van der Waals surface area contributed by atoms with Gasteiger partial charge in [0.25, 0.3) is 0 Å². The van der Waals surface area contributed by atoms with Gasteiger partial charge in [0, 0.05) is 7.05 Å². The zero-order chi connectivity index (χ0) is 13.8. The molecule has 0 bridgehead atoms. The molecule has 0 aliphatic carbocycles. The lowest BCUT2D eigenvalue weighted by Crippen LogP contribution is -2.01. The third-order valence-corrected chi connectivity index (χ3v) is 2.60. The predicted octanol–water partition coefficient (Wildman–Crippen LogP) is 2.35. The molecule has 0 unspecified atom stereocenters. The molecule has 1 N–H and O–H groups in total. The van der Waals surface area contributed by atoms with Crippen LogP contribution in [0.5, 0.6) is 5.88 Å². The lowest BCUT2D eigenvalue weighted by molar-refractivity contribution is 0.0690. The van der Waals surface area contributed by atoms with Crippen LogP contribution < -0.4 is 4.74 Å². The second-order valence-corrected chi connectivity index (χ2v) is 3.92. The number of rotatable bonds is 5. The number of ether oxygens (including phenoxy) is 1. The van der Waals surface area contributed by atoms with Gasteiger partial charge in [0.2, 0.25) is 5.88 Å². The van der Waals surface area contributed by atoms with Crippen LogP contribution in [-0.4, -0.2) is 27.5 Å². The van der Waals surface area contributed by atoms with Gasteiger partial charge in [0.05, 0.1) is 5.56 Å². The van der Waals surface area contributed by atoms with Gasteiger partial charge < -0.3 is 9.84 Å². The van der Waals surface area contributed by atoms with E-state index in [4.69, 9.17) is 4.74 Å². The van der Waals surface area contributed by atoms with E-state index in [1.165, 1.54) is 4.68 Å². The molecule has 2 rings (SSSR count). The summed E-state index contributed by atoms with van der Waals surface area (Å²) in [5.41, 5.74) is 1.22. The van der Waals surface area contributed by atoms with E-state index in [1.807, 2.05) is 30.3 Å². The summed E-state index contributed by atoms with van der Waals surface area (Å²) in [6, 6.07) is 9.19. The number of hydrogen-bond donors (Lipinski definition) is 1. The molecule has 2 aromatic rings. The molecule has 0 saturated heterocycles. The summed E-state index contributed by atoms with van der Waals surface area (Å²) in [7, 11) is 1.65. The highest BCUT2D eigenvalue weighted by molar-refractivity contribution is 5.95. The summed E-state index contributed by atoms with van der Waals surface area (Å²) >= 11 is 0. The molecule has 19 heavy (non-hydrogen) atoms. The van der Waals surface area contributed by atoms with Crippen LogP contribution in [0.3, 0.4) is 0 Å². The largest absolute Gasteiger partial charge is 0.476 e. The minimum atomic E-state index is -1.08. The topological polar surface area (TPSA) is 64.3 Å². The number of aromatic nitrogens is 2. The first-order valence-electron chi connectivity index (χ1n) is 5.74. The Hall–Kier alpha value is -2.56. The van der Waals surface area contributed by atoms with Crippen molar-refractivity contribution in [1.82, 2.24) is 9.78 Å². The van der Waals surface area contributed by atoms with E-state index in [1.54, 1.807) is 13.1 Å². The molecule has 0 atom stereocenters. The molecule has 0 saturated carbocycles. The summed E-state index contributed by atoms with van der Waals surface area (Å²) in [5, 5.41) is 13.2. The van der Waals surface area contributed by atoms with Crippen molar-refractivity contribution in [1.29, 1.82) is 0 Å². The maximum Gasteiger partial charge on any atom is 0.357 e. The second-order valence-electron chi connectivity index (χ2n) is 3.92. The van der Waals surface area contributed by atoms with Crippen LogP contribution in [0.25, 0.3) is 11.1 Å². The number of carbonyl (C=O) groups is 1. The minimum Gasteiger partial charge on any atom is -0.476 e. The molecule has 0 amide bonds. The van der Waals surface area contributed by atoms with Gasteiger partial charge >= 0.3 is 5.97 Å². The van der Waals surface area contributed by atoms with E-state index in [0.29, 0.717) is 18.1 Å². The minimum absolute atomic E-state index is 0.0206. The summed E-state index contributed by atoms with van der Waals surface area (Å²) in [6.07, 6.45) is 1.60. The van der Waals surface area contributed by atoms with Gasteiger partial charge in [0.1, 0.15) is 6.61 Å². The van der Waals surface area contributed by atoms with E-state index in [-0.39, 0.29) is 5.69 Å². The molecule has 0 fully saturated rings. The van der Waals surface area contributed by atoms with Crippen molar-refractivity contribution >= 4 is 5.97 Å². The first-order chi connectivity index (χ1) is 9.15. The van der Waals surface area contributed by atoms with E-state index in [9.17, 15) is 9.90 Å². The summed E-state index contributed by atoms with van der Waals surface area (Å²) in [4.78, 5) is 11.3. The van der Waals surface area contributed by atoms with Crippen LogP contribution >= 0.6 is 0 Å². The molecule has 98 valence electrons. The standard InChI is InChI=1S/C14H14N2O3/c1-3-9-19-13-11(10-7-5-4-6-8-10)12(14(17)18)15-16(13)2/h3-8H,1,9H2,2H3,(H,17,18). The van der Waals surface area contributed by atoms with Crippen LogP contribution in [0, 0.1) is 0 Å². The molecule has 0 aliphatic rings. The normalized spacial score (nSPS) is 10.2.